The van der Waals surface area contributed by atoms with E-state index in [4.69, 9.17) is 9.15 Å². The highest BCUT2D eigenvalue weighted by Gasteiger charge is 2.19. The number of hydrogen-bond donors (Lipinski definition) is 2. The number of carbonyl (C=O) groups is 3. The van der Waals surface area contributed by atoms with Crippen molar-refractivity contribution in [3.8, 4) is 11.3 Å². The Balaban J connectivity index is 1.46. The zero-order chi connectivity index (χ0) is 19.2. The SMILES string of the molecule is O=C(COC(=O)c1ccc(-c2ccc(F)cc2)o1)NC(=O)NC1CCCC1. The van der Waals surface area contributed by atoms with E-state index in [0.717, 1.165) is 25.7 Å². The van der Waals surface area contributed by atoms with Crippen molar-refractivity contribution in [3.63, 3.8) is 0 Å². The molecule has 1 saturated carbocycles. The van der Waals surface area contributed by atoms with Gasteiger partial charge in [0.1, 0.15) is 11.6 Å². The predicted octanol–water partition coefficient (Wildman–Crippen LogP) is 3.01. The molecule has 2 aromatic rings. The van der Waals surface area contributed by atoms with E-state index in [9.17, 15) is 18.8 Å². The van der Waals surface area contributed by atoms with Crippen LogP contribution in [-0.4, -0.2) is 30.6 Å². The topological polar surface area (TPSA) is 97.6 Å². The summed E-state index contributed by atoms with van der Waals surface area (Å²) in [7, 11) is 0. The number of amides is 3. The summed E-state index contributed by atoms with van der Waals surface area (Å²) in [6.07, 6.45) is 3.90. The number of hydrogen-bond acceptors (Lipinski definition) is 5. The van der Waals surface area contributed by atoms with Crippen LogP contribution in [0.3, 0.4) is 0 Å². The second-order valence-corrected chi connectivity index (χ2v) is 6.25. The van der Waals surface area contributed by atoms with Crippen molar-refractivity contribution in [2.45, 2.75) is 31.7 Å². The molecule has 0 saturated heterocycles. The van der Waals surface area contributed by atoms with E-state index in [0.29, 0.717) is 11.3 Å². The van der Waals surface area contributed by atoms with Crippen molar-refractivity contribution >= 4 is 17.9 Å². The lowest BCUT2D eigenvalue weighted by atomic mass is 10.2. The molecule has 0 unspecified atom stereocenters. The van der Waals surface area contributed by atoms with Gasteiger partial charge >= 0.3 is 12.0 Å². The second-order valence-electron chi connectivity index (χ2n) is 6.25. The van der Waals surface area contributed by atoms with Crippen LogP contribution in [0, 0.1) is 5.82 Å². The van der Waals surface area contributed by atoms with E-state index < -0.39 is 24.5 Å². The van der Waals surface area contributed by atoms with Crippen LogP contribution in [0.25, 0.3) is 11.3 Å². The number of carbonyl (C=O) groups excluding carboxylic acids is 3. The van der Waals surface area contributed by atoms with Gasteiger partial charge in [0, 0.05) is 11.6 Å². The van der Waals surface area contributed by atoms with E-state index in [-0.39, 0.29) is 17.6 Å². The van der Waals surface area contributed by atoms with Crippen molar-refractivity contribution in [3.05, 3.63) is 48.0 Å². The second kappa shape index (κ2) is 8.48. The van der Waals surface area contributed by atoms with E-state index in [1.54, 1.807) is 6.07 Å². The van der Waals surface area contributed by atoms with Crippen LogP contribution in [-0.2, 0) is 9.53 Å². The van der Waals surface area contributed by atoms with Gasteiger partial charge in [-0.2, -0.15) is 0 Å². The minimum atomic E-state index is -0.838. The number of esters is 1. The van der Waals surface area contributed by atoms with Crippen LogP contribution in [0.15, 0.2) is 40.8 Å². The highest BCUT2D eigenvalue weighted by atomic mass is 19.1. The molecule has 8 heteroatoms. The predicted molar refractivity (Wildman–Crippen MR) is 93.3 cm³/mol. The molecule has 142 valence electrons. The van der Waals surface area contributed by atoms with Gasteiger partial charge in [-0.1, -0.05) is 12.8 Å². The van der Waals surface area contributed by atoms with Gasteiger partial charge in [-0.3, -0.25) is 10.1 Å². The summed E-state index contributed by atoms with van der Waals surface area (Å²) >= 11 is 0. The van der Waals surface area contributed by atoms with E-state index in [2.05, 4.69) is 10.6 Å². The fourth-order valence-electron chi connectivity index (χ4n) is 2.87. The van der Waals surface area contributed by atoms with Crippen LogP contribution < -0.4 is 10.6 Å². The lowest BCUT2D eigenvalue weighted by molar-refractivity contribution is -0.123. The lowest BCUT2D eigenvalue weighted by Gasteiger charge is -2.12. The van der Waals surface area contributed by atoms with Gasteiger partial charge in [-0.15, -0.1) is 0 Å². The normalized spacial score (nSPS) is 14.0. The van der Waals surface area contributed by atoms with Crippen LogP contribution in [0.2, 0.25) is 0 Å². The standard InChI is InChI=1S/C19H19FN2O5/c20-13-7-5-12(6-8-13)15-9-10-16(27-15)18(24)26-11-17(23)22-19(25)21-14-3-1-2-4-14/h5-10,14H,1-4,11H2,(H2,21,22,23,25). The Morgan fingerprint density at radius 3 is 2.48 bits per heavy atom. The molecule has 0 bridgehead atoms. The Labute approximate surface area is 154 Å². The number of nitrogens with one attached hydrogen (secondary N) is 2. The van der Waals surface area contributed by atoms with Gasteiger partial charge in [-0.25, -0.2) is 14.0 Å². The summed E-state index contributed by atoms with van der Waals surface area (Å²) in [5.41, 5.74) is 0.594. The highest BCUT2D eigenvalue weighted by molar-refractivity contribution is 5.96. The third-order valence-electron chi connectivity index (χ3n) is 4.21. The molecular formula is C19H19FN2O5. The van der Waals surface area contributed by atoms with Gasteiger partial charge in [0.05, 0.1) is 0 Å². The molecule has 1 heterocycles. The van der Waals surface area contributed by atoms with Crippen molar-refractivity contribution in [2.24, 2.45) is 0 Å². The number of benzene rings is 1. The molecule has 7 nitrogen and oxygen atoms in total. The summed E-state index contributed by atoms with van der Waals surface area (Å²) in [5, 5.41) is 4.82. The minimum Gasteiger partial charge on any atom is -0.450 e. The first-order valence-corrected chi connectivity index (χ1v) is 8.64. The van der Waals surface area contributed by atoms with Crippen LogP contribution in [0.4, 0.5) is 9.18 Å². The average molecular weight is 374 g/mol. The Morgan fingerprint density at radius 2 is 1.78 bits per heavy atom. The van der Waals surface area contributed by atoms with E-state index in [1.807, 2.05) is 0 Å². The molecule has 1 aliphatic rings. The molecule has 27 heavy (non-hydrogen) atoms. The molecule has 2 N–H and O–H groups in total. The van der Waals surface area contributed by atoms with Crippen LogP contribution in [0.5, 0.6) is 0 Å². The minimum absolute atomic E-state index is 0.0772. The third-order valence-corrected chi connectivity index (χ3v) is 4.21. The quantitative estimate of drug-likeness (QED) is 0.784. The summed E-state index contributed by atoms with van der Waals surface area (Å²) in [4.78, 5) is 35.3. The zero-order valence-corrected chi connectivity index (χ0v) is 14.5. The first kappa shape index (κ1) is 18.6. The summed E-state index contributed by atoms with van der Waals surface area (Å²) in [6.45, 7) is -0.608. The fraction of sp³-hybridized carbons (Fsp3) is 0.316. The molecule has 3 rings (SSSR count). The first-order chi connectivity index (χ1) is 13.0. The summed E-state index contributed by atoms with van der Waals surface area (Å²) in [6, 6.07) is 7.99. The summed E-state index contributed by atoms with van der Waals surface area (Å²) in [5.74, 6) is -1.69. The maximum Gasteiger partial charge on any atom is 0.374 e. The first-order valence-electron chi connectivity index (χ1n) is 8.64. The summed E-state index contributed by atoms with van der Waals surface area (Å²) < 4.78 is 23.2. The van der Waals surface area contributed by atoms with E-state index in [1.165, 1.54) is 30.3 Å². The number of ether oxygens (including phenoxy) is 1. The van der Waals surface area contributed by atoms with Gasteiger partial charge in [0.15, 0.2) is 6.61 Å². The van der Waals surface area contributed by atoms with Gasteiger partial charge in [0.25, 0.3) is 5.91 Å². The number of halogens is 1. The van der Waals surface area contributed by atoms with Crippen molar-refractivity contribution in [1.82, 2.24) is 10.6 Å². The Hall–Kier alpha value is -3.16. The molecule has 0 atom stereocenters. The molecular weight excluding hydrogens is 355 g/mol. The lowest BCUT2D eigenvalue weighted by Crippen LogP contribution is -2.44. The number of rotatable bonds is 5. The largest absolute Gasteiger partial charge is 0.450 e. The van der Waals surface area contributed by atoms with Crippen LogP contribution >= 0.6 is 0 Å². The van der Waals surface area contributed by atoms with Gasteiger partial charge in [0.2, 0.25) is 5.76 Å². The molecule has 0 radical (unpaired) electrons. The smallest absolute Gasteiger partial charge is 0.374 e. The Bertz CT molecular complexity index is 825. The molecule has 1 aromatic heterocycles. The van der Waals surface area contributed by atoms with Crippen molar-refractivity contribution in [2.75, 3.05) is 6.61 Å². The number of urea groups is 1. The number of furan rings is 1. The number of imide groups is 1. The zero-order valence-electron chi connectivity index (χ0n) is 14.5. The van der Waals surface area contributed by atoms with Gasteiger partial charge < -0.3 is 14.5 Å². The monoisotopic (exact) mass is 374 g/mol. The molecule has 3 amide bonds. The molecule has 0 aliphatic heterocycles. The molecule has 1 fully saturated rings. The van der Waals surface area contributed by atoms with E-state index >= 15 is 0 Å². The Morgan fingerprint density at radius 1 is 1.07 bits per heavy atom. The highest BCUT2D eigenvalue weighted by Crippen LogP contribution is 2.22. The molecule has 0 spiro atoms. The van der Waals surface area contributed by atoms with Crippen molar-refractivity contribution in [1.29, 1.82) is 0 Å². The third kappa shape index (κ3) is 5.16. The maximum atomic E-state index is 12.9. The van der Waals surface area contributed by atoms with Crippen molar-refractivity contribution < 1.29 is 27.9 Å². The molecule has 1 aliphatic carbocycles. The Kier molecular flexibility index (Phi) is 5.85. The average Bonchev–Trinajstić information content (AvgIpc) is 3.32. The van der Waals surface area contributed by atoms with Gasteiger partial charge in [-0.05, 0) is 49.2 Å². The van der Waals surface area contributed by atoms with Crippen LogP contribution in [0.1, 0.15) is 36.2 Å². The molecule has 1 aromatic carbocycles. The fourth-order valence-corrected chi connectivity index (χ4v) is 2.87. The maximum absolute atomic E-state index is 12.9.